The van der Waals surface area contributed by atoms with Gasteiger partial charge in [-0.25, -0.2) is 0 Å². The van der Waals surface area contributed by atoms with Crippen LogP contribution < -0.4 is 0 Å². The van der Waals surface area contributed by atoms with Crippen LogP contribution in [0.4, 0.5) is 0 Å². The molecule has 0 rings (SSSR count). The molecule has 0 aliphatic rings. The topological polar surface area (TPSA) is 52.6 Å². The highest BCUT2D eigenvalue weighted by Gasteiger charge is 2.45. The van der Waals surface area contributed by atoms with Crippen LogP contribution in [-0.2, 0) is 19.1 Å². The van der Waals surface area contributed by atoms with Crippen molar-refractivity contribution < 1.29 is 19.1 Å². The first-order valence-corrected chi connectivity index (χ1v) is 13.3. The van der Waals surface area contributed by atoms with Crippen molar-refractivity contribution in [1.29, 1.82) is 0 Å². The maximum Gasteiger partial charge on any atom is 0.323 e. The van der Waals surface area contributed by atoms with Crippen LogP contribution in [0.15, 0.2) is 0 Å². The van der Waals surface area contributed by atoms with Gasteiger partial charge in [0.25, 0.3) is 0 Å². The molecule has 0 N–H and O–H groups in total. The molecule has 0 saturated carbocycles. The second kappa shape index (κ2) is 19.6. The fourth-order valence-corrected chi connectivity index (χ4v) is 3.89. The van der Waals surface area contributed by atoms with E-state index < -0.39 is 17.4 Å². The molecule has 0 amide bonds. The van der Waals surface area contributed by atoms with E-state index in [2.05, 4.69) is 6.92 Å². The number of unbranched alkanes of at least 4 members (excludes halogenated alkanes) is 13. The third-order valence-electron chi connectivity index (χ3n) is 6.27. The van der Waals surface area contributed by atoms with Gasteiger partial charge in [-0.05, 0) is 25.2 Å². The molecule has 4 nitrogen and oxygen atoms in total. The highest BCUT2D eigenvalue weighted by molar-refractivity contribution is 5.99. The minimum atomic E-state index is -1.15. The molecule has 0 fully saturated rings. The number of hydrogen-bond donors (Lipinski definition) is 0. The van der Waals surface area contributed by atoms with Crippen molar-refractivity contribution in [1.82, 2.24) is 0 Å². The van der Waals surface area contributed by atoms with Crippen molar-refractivity contribution in [2.45, 2.75) is 137 Å². The quantitative estimate of drug-likeness (QED) is 0.103. The number of carbonyl (C=O) groups excluding carboxylic acids is 2. The van der Waals surface area contributed by atoms with Crippen LogP contribution in [0.1, 0.15) is 137 Å². The Labute approximate surface area is 193 Å². The second-order valence-corrected chi connectivity index (χ2v) is 9.51. The molecule has 0 aromatic rings. The first kappa shape index (κ1) is 29.9. The summed E-state index contributed by atoms with van der Waals surface area (Å²) in [6, 6.07) is 0. The van der Waals surface area contributed by atoms with E-state index in [1.165, 1.54) is 77.0 Å². The Bertz CT molecular complexity index is 441. The summed E-state index contributed by atoms with van der Waals surface area (Å²) >= 11 is 0. The predicted molar refractivity (Wildman–Crippen MR) is 130 cm³/mol. The Morgan fingerprint density at radius 3 is 1.39 bits per heavy atom. The molecule has 0 radical (unpaired) electrons. The van der Waals surface area contributed by atoms with Gasteiger partial charge in [0.05, 0.1) is 13.2 Å². The SMILES string of the molecule is CCCCCCCCCCCCCCCCOC(=O)C(CC)(CC)C(=O)OCC(C)C. The Balaban J connectivity index is 3.80. The van der Waals surface area contributed by atoms with E-state index in [0.717, 1.165) is 12.8 Å². The van der Waals surface area contributed by atoms with Gasteiger partial charge in [-0.1, -0.05) is 118 Å². The van der Waals surface area contributed by atoms with E-state index in [4.69, 9.17) is 9.47 Å². The number of esters is 2. The Kier molecular flexibility index (Phi) is 18.9. The Hall–Kier alpha value is -1.06. The first-order valence-electron chi connectivity index (χ1n) is 13.3. The van der Waals surface area contributed by atoms with E-state index in [-0.39, 0.29) is 5.92 Å². The van der Waals surface area contributed by atoms with Crippen LogP contribution in [-0.4, -0.2) is 25.2 Å². The molecule has 4 heteroatoms. The van der Waals surface area contributed by atoms with E-state index in [1.54, 1.807) is 0 Å². The molecule has 0 aromatic heterocycles. The lowest BCUT2D eigenvalue weighted by Gasteiger charge is -2.27. The van der Waals surface area contributed by atoms with E-state index in [1.807, 2.05) is 27.7 Å². The van der Waals surface area contributed by atoms with Crippen molar-refractivity contribution in [2.75, 3.05) is 13.2 Å². The number of rotatable bonds is 21. The van der Waals surface area contributed by atoms with Crippen molar-refractivity contribution in [2.24, 2.45) is 11.3 Å². The monoisotopic (exact) mass is 440 g/mol. The lowest BCUT2D eigenvalue weighted by Crippen LogP contribution is -2.41. The molecule has 0 aliphatic carbocycles. The third kappa shape index (κ3) is 13.9. The number of carbonyl (C=O) groups is 2. The Morgan fingerprint density at radius 1 is 0.613 bits per heavy atom. The molecule has 0 heterocycles. The molecule has 0 aliphatic heterocycles. The largest absolute Gasteiger partial charge is 0.465 e. The summed E-state index contributed by atoms with van der Waals surface area (Å²) < 4.78 is 10.8. The minimum absolute atomic E-state index is 0.252. The molecule has 0 aromatic carbocycles. The van der Waals surface area contributed by atoms with Gasteiger partial charge in [-0.2, -0.15) is 0 Å². The average Bonchev–Trinajstić information content (AvgIpc) is 2.76. The zero-order chi connectivity index (χ0) is 23.4. The van der Waals surface area contributed by atoms with E-state index in [9.17, 15) is 9.59 Å². The summed E-state index contributed by atoms with van der Waals surface area (Å²) in [6.07, 6.45) is 19.0. The highest BCUT2D eigenvalue weighted by Crippen LogP contribution is 2.30. The zero-order valence-corrected chi connectivity index (χ0v) is 21.4. The normalized spacial score (nSPS) is 11.7. The number of hydrogen-bond acceptors (Lipinski definition) is 4. The van der Waals surface area contributed by atoms with E-state index in [0.29, 0.717) is 26.1 Å². The van der Waals surface area contributed by atoms with Crippen LogP contribution in [0, 0.1) is 11.3 Å². The molecule has 184 valence electrons. The summed E-state index contributed by atoms with van der Waals surface area (Å²) in [7, 11) is 0. The van der Waals surface area contributed by atoms with Gasteiger partial charge in [-0.3, -0.25) is 9.59 Å². The zero-order valence-electron chi connectivity index (χ0n) is 21.4. The molecule has 0 bridgehead atoms. The van der Waals surface area contributed by atoms with Gasteiger partial charge < -0.3 is 9.47 Å². The van der Waals surface area contributed by atoms with Crippen LogP contribution in [0.5, 0.6) is 0 Å². The molecular weight excluding hydrogens is 388 g/mol. The van der Waals surface area contributed by atoms with Crippen molar-refractivity contribution >= 4 is 11.9 Å². The standard InChI is InChI=1S/C27H52O4/c1-6-9-10-11-12-13-14-15-16-17-18-19-20-21-22-30-25(28)27(7-2,8-3)26(29)31-23-24(4)5/h24H,6-23H2,1-5H3. The molecule has 0 spiro atoms. The van der Waals surface area contributed by atoms with Crippen molar-refractivity contribution in [3.8, 4) is 0 Å². The highest BCUT2D eigenvalue weighted by atomic mass is 16.6. The third-order valence-corrected chi connectivity index (χ3v) is 6.27. The molecule has 0 saturated heterocycles. The number of ether oxygens (including phenoxy) is 2. The fourth-order valence-electron chi connectivity index (χ4n) is 3.89. The second-order valence-electron chi connectivity index (χ2n) is 9.51. The summed E-state index contributed by atoms with van der Waals surface area (Å²) in [5, 5.41) is 0. The maximum absolute atomic E-state index is 12.6. The van der Waals surface area contributed by atoms with Gasteiger partial charge in [0, 0.05) is 0 Å². The van der Waals surface area contributed by atoms with Gasteiger partial charge in [0.2, 0.25) is 0 Å². The van der Waals surface area contributed by atoms with Crippen LogP contribution >= 0.6 is 0 Å². The van der Waals surface area contributed by atoms with E-state index >= 15 is 0 Å². The van der Waals surface area contributed by atoms with Gasteiger partial charge >= 0.3 is 11.9 Å². The summed E-state index contributed by atoms with van der Waals surface area (Å²) in [4.78, 5) is 25.1. The maximum atomic E-state index is 12.6. The van der Waals surface area contributed by atoms with Gasteiger partial charge in [-0.15, -0.1) is 0 Å². The minimum Gasteiger partial charge on any atom is -0.465 e. The first-order chi connectivity index (χ1) is 14.9. The molecule has 0 unspecified atom stereocenters. The summed E-state index contributed by atoms with van der Waals surface area (Å²) in [6.45, 7) is 10.7. The molecule has 0 atom stereocenters. The fraction of sp³-hybridized carbons (Fsp3) is 0.926. The molecular formula is C27H52O4. The van der Waals surface area contributed by atoms with Crippen molar-refractivity contribution in [3.05, 3.63) is 0 Å². The average molecular weight is 441 g/mol. The lowest BCUT2D eigenvalue weighted by atomic mass is 9.82. The summed E-state index contributed by atoms with van der Waals surface area (Å²) in [5.74, 6) is -0.597. The smallest absolute Gasteiger partial charge is 0.323 e. The van der Waals surface area contributed by atoms with Gasteiger partial charge in [0.15, 0.2) is 5.41 Å². The van der Waals surface area contributed by atoms with Gasteiger partial charge in [0.1, 0.15) is 0 Å². The predicted octanol–water partition coefficient (Wildman–Crippen LogP) is 8.02. The van der Waals surface area contributed by atoms with Crippen LogP contribution in [0.2, 0.25) is 0 Å². The Morgan fingerprint density at radius 2 is 1.00 bits per heavy atom. The van der Waals surface area contributed by atoms with Crippen molar-refractivity contribution in [3.63, 3.8) is 0 Å². The summed E-state index contributed by atoms with van der Waals surface area (Å²) in [5.41, 5.74) is -1.15. The lowest BCUT2D eigenvalue weighted by molar-refractivity contribution is -0.174. The van der Waals surface area contributed by atoms with Crippen LogP contribution in [0.25, 0.3) is 0 Å². The molecule has 31 heavy (non-hydrogen) atoms. The van der Waals surface area contributed by atoms with Crippen LogP contribution in [0.3, 0.4) is 0 Å².